The second-order valence-corrected chi connectivity index (χ2v) is 7.47. The van der Waals surface area contributed by atoms with E-state index in [1.165, 1.54) is 6.08 Å². The van der Waals surface area contributed by atoms with Crippen molar-refractivity contribution in [3.05, 3.63) is 59.2 Å². The van der Waals surface area contributed by atoms with Crippen LogP contribution in [0, 0.1) is 6.92 Å². The Kier molecular flexibility index (Phi) is 7.10. The number of carbonyl (C=O) groups is 1. The lowest BCUT2D eigenvalue weighted by atomic mass is 9.85. The molecule has 1 N–H and O–H groups in total. The predicted molar refractivity (Wildman–Crippen MR) is 111 cm³/mol. The van der Waals surface area contributed by atoms with E-state index in [2.05, 4.69) is 26.8 Å². The molecule has 0 aliphatic heterocycles. The average Bonchev–Trinajstić information content (AvgIpc) is 2.63. The van der Waals surface area contributed by atoms with E-state index >= 15 is 0 Å². The zero-order chi connectivity index (χ0) is 20.7. The van der Waals surface area contributed by atoms with Gasteiger partial charge in [-0.3, -0.25) is 0 Å². The average molecular weight is 384 g/mol. The van der Waals surface area contributed by atoms with E-state index in [9.17, 15) is 4.79 Å². The molecule has 0 bridgehead atoms. The monoisotopic (exact) mass is 384 g/mol. The molecule has 0 spiro atoms. The first-order valence-corrected chi connectivity index (χ1v) is 9.17. The van der Waals surface area contributed by atoms with Gasteiger partial charge < -0.3 is 19.3 Å². The Morgan fingerprint density at radius 3 is 2.46 bits per heavy atom. The maximum Gasteiger partial charge on any atom is 0.328 e. The molecule has 0 atom stereocenters. The van der Waals surface area contributed by atoms with Crippen LogP contribution in [0.1, 0.15) is 37.5 Å². The standard InChI is InChI=1S/C23H28O5/c1-16-7-6-8-19(23(2,3)4)22(16)28-14-13-27-20-15-18(26-5)11-9-17(20)10-12-21(24)25/h6-12,15H,13-14H2,1-5H3,(H,24,25). The van der Waals surface area contributed by atoms with Crippen LogP contribution in [0.5, 0.6) is 17.2 Å². The number of carboxylic acid groups (broad SMARTS) is 1. The smallest absolute Gasteiger partial charge is 0.328 e. The van der Waals surface area contributed by atoms with Crippen LogP contribution in [0.15, 0.2) is 42.5 Å². The lowest BCUT2D eigenvalue weighted by molar-refractivity contribution is -0.131. The lowest BCUT2D eigenvalue weighted by Gasteiger charge is -2.24. The Morgan fingerprint density at radius 1 is 1.11 bits per heavy atom. The third-order valence-corrected chi connectivity index (χ3v) is 4.23. The second kappa shape index (κ2) is 9.31. The number of ether oxygens (including phenoxy) is 3. The summed E-state index contributed by atoms with van der Waals surface area (Å²) >= 11 is 0. The minimum atomic E-state index is -1.01. The fourth-order valence-corrected chi connectivity index (χ4v) is 2.80. The SMILES string of the molecule is COc1ccc(C=CC(=O)O)c(OCCOc2c(C)cccc2C(C)(C)C)c1. The molecule has 150 valence electrons. The van der Waals surface area contributed by atoms with Crippen molar-refractivity contribution in [1.29, 1.82) is 0 Å². The van der Waals surface area contributed by atoms with Gasteiger partial charge in [0, 0.05) is 17.7 Å². The van der Waals surface area contributed by atoms with E-state index in [0.717, 1.165) is 23.0 Å². The van der Waals surface area contributed by atoms with Gasteiger partial charge in [-0.25, -0.2) is 4.79 Å². The quantitative estimate of drug-likeness (QED) is 0.520. The van der Waals surface area contributed by atoms with Crippen molar-refractivity contribution in [2.45, 2.75) is 33.1 Å². The van der Waals surface area contributed by atoms with Crippen LogP contribution in [-0.4, -0.2) is 31.4 Å². The third-order valence-electron chi connectivity index (χ3n) is 4.23. The van der Waals surface area contributed by atoms with Crippen LogP contribution >= 0.6 is 0 Å². The van der Waals surface area contributed by atoms with Crippen LogP contribution in [-0.2, 0) is 10.2 Å². The zero-order valence-corrected chi connectivity index (χ0v) is 17.1. The van der Waals surface area contributed by atoms with Gasteiger partial charge in [0.05, 0.1) is 7.11 Å². The molecular weight excluding hydrogens is 356 g/mol. The van der Waals surface area contributed by atoms with Gasteiger partial charge in [-0.05, 0) is 41.7 Å². The molecule has 0 radical (unpaired) electrons. The number of hydrogen-bond donors (Lipinski definition) is 1. The first kappa shape index (κ1) is 21.4. The third kappa shape index (κ3) is 5.78. The summed E-state index contributed by atoms with van der Waals surface area (Å²) in [6.07, 6.45) is 2.57. The minimum Gasteiger partial charge on any atom is -0.497 e. The molecule has 2 rings (SSSR count). The number of hydrogen-bond acceptors (Lipinski definition) is 4. The Bertz CT molecular complexity index is 847. The second-order valence-electron chi connectivity index (χ2n) is 7.47. The topological polar surface area (TPSA) is 65.0 Å². The Labute approximate surface area is 166 Å². The van der Waals surface area contributed by atoms with Crippen molar-refractivity contribution in [3.63, 3.8) is 0 Å². The van der Waals surface area contributed by atoms with Gasteiger partial charge in [0.1, 0.15) is 30.5 Å². The highest BCUT2D eigenvalue weighted by Crippen LogP contribution is 2.33. The molecule has 0 amide bonds. The number of benzene rings is 2. The lowest BCUT2D eigenvalue weighted by Crippen LogP contribution is -2.16. The maximum absolute atomic E-state index is 10.8. The fraction of sp³-hybridized carbons (Fsp3) is 0.348. The molecule has 0 aromatic heterocycles. The summed E-state index contributed by atoms with van der Waals surface area (Å²) in [4.78, 5) is 10.8. The Hall–Kier alpha value is -2.95. The number of aryl methyl sites for hydroxylation is 1. The molecule has 0 heterocycles. The molecule has 2 aromatic carbocycles. The minimum absolute atomic E-state index is 0.0240. The first-order chi connectivity index (χ1) is 13.2. The molecule has 0 aliphatic rings. The molecular formula is C23H28O5. The van der Waals surface area contributed by atoms with E-state index in [-0.39, 0.29) is 5.41 Å². The summed E-state index contributed by atoms with van der Waals surface area (Å²) in [6, 6.07) is 11.4. The number of aliphatic carboxylic acids is 1. The van der Waals surface area contributed by atoms with Crippen LogP contribution in [0.3, 0.4) is 0 Å². The summed E-state index contributed by atoms with van der Waals surface area (Å²) in [6.45, 7) is 9.18. The number of para-hydroxylation sites is 1. The van der Waals surface area contributed by atoms with Gasteiger partial charge >= 0.3 is 5.97 Å². The predicted octanol–water partition coefficient (Wildman–Crippen LogP) is 4.86. The Morgan fingerprint density at radius 2 is 1.82 bits per heavy atom. The van der Waals surface area contributed by atoms with Gasteiger partial charge in [0.15, 0.2) is 0 Å². The van der Waals surface area contributed by atoms with Gasteiger partial charge in [-0.2, -0.15) is 0 Å². The fourth-order valence-electron chi connectivity index (χ4n) is 2.80. The van der Waals surface area contributed by atoms with Crippen molar-refractivity contribution in [2.75, 3.05) is 20.3 Å². The molecule has 0 aliphatic carbocycles. The van der Waals surface area contributed by atoms with Crippen LogP contribution in [0.25, 0.3) is 6.08 Å². The molecule has 2 aromatic rings. The van der Waals surface area contributed by atoms with Gasteiger partial charge in [0.25, 0.3) is 0 Å². The van der Waals surface area contributed by atoms with Gasteiger partial charge in [-0.1, -0.05) is 39.0 Å². The zero-order valence-electron chi connectivity index (χ0n) is 17.1. The molecule has 28 heavy (non-hydrogen) atoms. The normalized spacial score (nSPS) is 11.5. The van der Waals surface area contributed by atoms with Crippen LogP contribution < -0.4 is 14.2 Å². The van der Waals surface area contributed by atoms with Gasteiger partial charge in [-0.15, -0.1) is 0 Å². The van der Waals surface area contributed by atoms with Crippen molar-refractivity contribution in [3.8, 4) is 17.2 Å². The molecule has 0 saturated carbocycles. The molecule has 5 nitrogen and oxygen atoms in total. The van der Waals surface area contributed by atoms with E-state index in [1.54, 1.807) is 25.3 Å². The molecule has 0 saturated heterocycles. The van der Waals surface area contributed by atoms with E-state index < -0.39 is 5.97 Å². The van der Waals surface area contributed by atoms with E-state index in [4.69, 9.17) is 19.3 Å². The van der Waals surface area contributed by atoms with Crippen molar-refractivity contribution < 1.29 is 24.1 Å². The van der Waals surface area contributed by atoms with E-state index in [1.807, 2.05) is 19.1 Å². The highest BCUT2D eigenvalue weighted by Gasteiger charge is 2.20. The summed E-state index contributed by atoms with van der Waals surface area (Å²) in [5, 5.41) is 8.85. The largest absolute Gasteiger partial charge is 0.497 e. The van der Waals surface area contributed by atoms with Crippen LogP contribution in [0.4, 0.5) is 0 Å². The van der Waals surface area contributed by atoms with Crippen molar-refractivity contribution >= 4 is 12.0 Å². The van der Waals surface area contributed by atoms with Gasteiger partial charge in [0.2, 0.25) is 0 Å². The highest BCUT2D eigenvalue weighted by atomic mass is 16.5. The Balaban J connectivity index is 2.09. The first-order valence-electron chi connectivity index (χ1n) is 9.17. The summed E-state index contributed by atoms with van der Waals surface area (Å²) in [5.41, 5.74) is 2.87. The number of methoxy groups -OCH3 is 1. The molecule has 0 unspecified atom stereocenters. The van der Waals surface area contributed by atoms with E-state index in [0.29, 0.717) is 30.3 Å². The van der Waals surface area contributed by atoms with Crippen molar-refractivity contribution in [1.82, 2.24) is 0 Å². The van der Waals surface area contributed by atoms with Crippen molar-refractivity contribution in [2.24, 2.45) is 0 Å². The molecule has 0 fully saturated rings. The number of rotatable bonds is 8. The summed E-state index contributed by atoms with van der Waals surface area (Å²) < 4.78 is 17.1. The van der Waals surface area contributed by atoms with Crippen LogP contribution in [0.2, 0.25) is 0 Å². The number of carboxylic acids is 1. The molecule has 5 heteroatoms. The summed E-state index contributed by atoms with van der Waals surface area (Å²) in [5.74, 6) is 1.05. The summed E-state index contributed by atoms with van der Waals surface area (Å²) in [7, 11) is 1.57. The highest BCUT2D eigenvalue weighted by molar-refractivity contribution is 5.86. The maximum atomic E-state index is 10.8.